The van der Waals surface area contributed by atoms with Crippen LogP contribution in [-0.2, 0) is 19.1 Å². The average Bonchev–Trinajstić information content (AvgIpc) is 3.79. The third-order valence-electron chi connectivity index (χ3n) is 8.90. The van der Waals surface area contributed by atoms with E-state index in [0.717, 1.165) is 27.3 Å². The van der Waals surface area contributed by atoms with Gasteiger partial charge in [-0.25, -0.2) is 14.6 Å². The summed E-state index contributed by atoms with van der Waals surface area (Å²) in [7, 11) is 0. The molecule has 284 valence electrons. The predicted molar refractivity (Wildman–Crippen MR) is 201 cm³/mol. The topological polar surface area (TPSA) is 165 Å². The van der Waals surface area contributed by atoms with Crippen LogP contribution in [0.1, 0.15) is 99.7 Å². The minimum absolute atomic E-state index is 0.00464. The standard InChI is InChI=1S/C38H54N6O7S/c1-12-23(8)16-26(35(47)48)39-32(45)29-17-24(18-43(29)34(46)30(21(4)5)42-37(49)51-38(9,10)11)50-36-41-31-25(33-40-27(19-52-33)20(2)3)14-13-15-28(31)44(36)22(6)7/h12-15,19-24,26,29-30H,1,16-18H2,2-11H3,(H,39,45)(H,42,49)(H,47,48)/t23?,24-,26-,29+,30+/m1/s1. The minimum Gasteiger partial charge on any atom is -0.480 e. The van der Waals surface area contributed by atoms with Crippen LogP contribution >= 0.6 is 11.3 Å². The molecular weight excluding hydrogens is 685 g/mol. The number of aliphatic carboxylic acids is 1. The number of aromatic nitrogens is 3. The molecule has 0 aliphatic carbocycles. The van der Waals surface area contributed by atoms with Crippen molar-refractivity contribution in [2.24, 2.45) is 11.8 Å². The summed E-state index contributed by atoms with van der Waals surface area (Å²) in [6.45, 7) is 22.5. The Bertz CT molecular complexity index is 1770. The van der Waals surface area contributed by atoms with Crippen molar-refractivity contribution in [3.8, 4) is 16.6 Å². The van der Waals surface area contributed by atoms with Crippen LogP contribution in [0.15, 0.2) is 36.2 Å². The molecule has 2 aromatic heterocycles. The highest BCUT2D eigenvalue weighted by atomic mass is 32.1. The second kappa shape index (κ2) is 16.5. The number of hydrogen-bond donors (Lipinski definition) is 3. The number of likely N-dealkylation sites (tertiary alicyclic amines) is 1. The van der Waals surface area contributed by atoms with Gasteiger partial charge < -0.3 is 30.1 Å². The lowest BCUT2D eigenvalue weighted by molar-refractivity contribution is -0.145. The van der Waals surface area contributed by atoms with Crippen molar-refractivity contribution in [1.82, 2.24) is 30.1 Å². The van der Waals surface area contributed by atoms with Crippen molar-refractivity contribution in [2.75, 3.05) is 6.54 Å². The molecule has 1 aliphatic heterocycles. The number of carbonyl (C=O) groups is 4. The van der Waals surface area contributed by atoms with Crippen molar-refractivity contribution in [1.29, 1.82) is 0 Å². The van der Waals surface area contributed by atoms with E-state index in [1.807, 2.05) is 43.5 Å². The first-order valence-electron chi connectivity index (χ1n) is 17.9. The number of nitrogens with zero attached hydrogens (tertiary/aromatic N) is 4. The average molecular weight is 739 g/mol. The molecule has 52 heavy (non-hydrogen) atoms. The van der Waals surface area contributed by atoms with Gasteiger partial charge in [0.2, 0.25) is 11.8 Å². The number of carbonyl (C=O) groups excluding carboxylic acids is 3. The Hall–Kier alpha value is -4.46. The zero-order valence-corrected chi connectivity index (χ0v) is 32.7. The monoisotopic (exact) mass is 738 g/mol. The van der Waals surface area contributed by atoms with E-state index in [1.54, 1.807) is 52.0 Å². The van der Waals surface area contributed by atoms with Gasteiger partial charge in [0.1, 0.15) is 40.4 Å². The highest BCUT2D eigenvalue weighted by molar-refractivity contribution is 7.13. The van der Waals surface area contributed by atoms with Crippen molar-refractivity contribution in [2.45, 2.75) is 124 Å². The lowest BCUT2D eigenvalue weighted by Crippen LogP contribution is -2.57. The largest absolute Gasteiger partial charge is 0.480 e. The lowest BCUT2D eigenvalue weighted by Gasteiger charge is -2.31. The number of alkyl carbamates (subject to hydrolysis) is 1. The highest BCUT2D eigenvalue weighted by Gasteiger charge is 2.45. The van der Waals surface area contributed by atoms with E-state index < -0.39 is 53.7 Å². The molecular formula is C38H54N6O7S. The van der Waals surface area contributed by atoms with Crippen LogP contribution in [0, 0.1) is 11.8 Å². The Morgan fingerprint density at radius 2 is 1.77 bits per heavy atom. The van der Waals surface area contributed by atoms with Gasteiger partial charge in [0, 0.05) is 23.4 Å². The third-order valence-corrected chi connectivity index (χ3v) is 9.79. The van der Waals surface area contributed by atoms with Crippen molar-refractivity contribution >= 4 is 46.2 Å². The molecule has 5 atom stereocenters. The lowest BCUT2D eigenvalue weighted by atomic mass is 10.0. The molecule has 1 aliphatic rings. The molecule has 3 amide bonds. The summed E-state index contributed by atoms with van der Waals surface area (Å²) in [4.78, 5) is 64.4. The Balaban J connectivity index is 1.71. The number of fused-ring (bicyclic) bond motifs is 1. The number of carboxylic acids is 1. The number of hydrogen-bond acceptors (Lipinski definition) is 9. The van der Waals surface area contributed by atoms with Crippen LogP contribution in [-0.4, -0.2) is 84.8 Å². The maximum Gasteiger partial charge on any atom is 0.408 e. The number of allylic oxidation sites excluding steroid dienone is 1. The molecule has 0 spiro atoms. The summed E-state index contributed by atoms with van der Waals surface area (Å²) in [6, 6.07) is 2.87. The van der Waals surface area contributed by atoms with Crippen LogP contribution < -0.4 is 15.4 Å². The molecule has 0 bridgehead atoms. The normalized spacial score (nSPS) is 18.1. The number of ether oxygens (including phenoxy) is 2. The zero-order chi connectivity index (χ0) is 38.7. The van der Waals surface area contributed by atoms with E-state index in [1.165, 1.54) is 4.90 Å². The number of rotatable bonds is 14. The first-order chi connectivity index (χ1) is 24.3. The number of carboxylic acid groups (broad SMARTS) is 1. The number of imidazole rings is 1. The van der Waals surface area contributed by atoms with Crippen LogP contribution in [0.2, 0.25) is 0 Å². The smallest absolute Gasteiger partial charge is 0.408 e. The fourth-order valence-corrected chi connectivity index (χ4v) is 7.14. The summed E-state index contributed by atoms with van der Waals surface area (Å²) < 4.78 is 14.0. The van der Waals surface area contributed by atoms with E-state index in [9.17, 15) is 24.3 Å². The van der Waals surface area contributed by atoms with Gasteiger partial charge in [0.15, 0.2) is 0 Å². The first-order valence-corrected chi connectivity index (χ1v) is 18.8. The predicted octanol–water partition coefficient (Wildman–Crippen LogP) is 6.54. The molecule has 3 aromatic rings. The van der Waals surface area contributed by atoms with E-state index in [0.29, 0.717) is 6.01 Å². The van der Waals surface area contributed by atoms with Gasteiger partial charge in [-0.05, 0) is 70.9 Å². The maximum atomic E-state index is 14.3. The first kappa shape index (κ1) is 40.3. The van der Waals surface area contributed by atoms with Crippen molar-refractivity contribution in [3.63, 3.8) is 0 Å². The van der Waals surface area contributed by atoms with Gasteiger partial charge in [-0.1, -0.05) is 46.8 Å². The molecule has 1 saturated heterocycles. The molecule has 3 heterocycles. The molecule has 14 heteroatoms. The fraction of sp³-hybridized carbons (Fsp3) is 0.579. The van der Waals surface area contributed by atoms with Gasteiger partial charge in [0.05, 0.1) is 17.8 Å². The van der Waals surface area contributed by atoms with Crippen LogP contribution in [0.25, 0.3) is 21.6 Å². The molecule has 4 rings (SSSR count). The summed E-state index contributed by atoms with van der Waals surface area (Å²) >= 11 is 1.56. The Morgan fingerprint density at radius 1 is 1.08 bits per heavy atom. The van der Waals surface area contributed by atoms with Crippen LogP contribution in [0.3, 0.4) is 0 Å². The SMILES string of the molecule is C=CC(C)C[C@@H](NC(=O)[C@@H]1C[C@@H](Oc2nc3c(-c4nc(C(C)C)cs4)cccc3n2C(C)C)CN1C(=O)[C@@H](NC(=O)OC(C)(C)C)C(C)C)C(=O)O. The maximum absolute atomic E-state index is 14.3. The van der Waals surface area contributed by atoms with Crippen LogP contribution in [0.5, 0.6) is 6.01 Å². The molecule has 1 fully saturated rings. The molecule has 0 saturated carbocycles. The van der Waals surface area contributed by atoms with E-state index >= 15 is 0 Å². The van der Waals surface area contributed by atoms with Crippen LogP contribution in [0.4, 0.5) is 4.79 Å². The van der Waals surface area contributed by atoms with Gasteiger partial charge in [-0.3, -0.25) is 14.2 Å². The number of benzene rings is 1. The van der Waals surface area contributed by atoms with Gasteiger partial charge in [-0.15, -0.1) is 17.9 Å². The number of nitrogens with one attached hydrogen (secondary N) is 2. The number of thiazole rings is 1. The van der Waals surface area contributed by atoms with Crippen molar-refractivity contribution < 1.29 is 33.8 Å². The van der Waals surface area contributed by atoms with Gasteiger partial charge in [0.25, 0.3) is 6.01 Å². The fourth-order valence-electron chi connectivity index (χ4n) is 6.13. The summed E-state index contributed by atoms with van der Waals surface area (Å²) in [6.07, 6.45) is 0.361. The van der Waals surface area contributed by atoms with Gasteiger partial charge >= 0.3 is 12.1 Å². The number of amides is 3. The molecule has 0 radical (unpaired) electrons. The Labute approximate surface area is 310 Å². The van der Waals surface area contributed by atoms with E-state index in [2.05, 4.69) is 36.4 Å². The van der Waals surface area contributed by atoms with Gasteiger partial charge in [-0.2, -0.15) is 4.98 Å². The van der Waals surface area contributed by atoms with E-state index in [4.69, 9.17) is 19.4 Å². The summed E-state index contributed by atoms with van der Waals surface area (Å²) in [5.74, 6) is -2.61. The minimum atomic E-state index is -1.20. The quantitative estimate of drug-likeness (QED) is 0.156. The highest BCUT2D eigenvalue weighted by Crippen LogP contribution is 2.36. The van der Waals surface area contributed by atoms with Crippen molar-refractivity contribution in [3.05, 3.63) is 41.9 Å². The Kier molecular flexibility index (Phi) is 12.8. The summed E-state index contributed by atoms with van der Waals surface area (Å²) in [5, 5.41) is 18.2. The second-order valence-corrected chi connectivity index (χ2v) is 16.3. The summed E-state index contributed by atoms with van der Waals surface area (Å²) in [5.41, 5.74) is 2.65. The van der Waals surface area contributed by atoms with E-state index in [-0.39, 0.29) is 43.2 Å². The molecule has 1 unspecified atom stereocenters. The zero-order valence-electron chi connectivity index (χ0n) is 31.9. The number of para-hydroxylation sites is 1. The Morgan fingerprint density at radius 3 is 2.33 bits per heavy atom. The third kappa shape index (κ3) is 9.50. The second-order valence-electron chi connectivity index (χ2n) is 15.5. The molecule has 13 nitrogen and oxygen atoms in total. The molecule has 3 N–H and O–H groups in total. The molecule has 1 aromatic carbocycles.